The van der Waals surface area contributed by atoms with Gasteiger partial charge in [-0.05, 0) is 25.8 Å². The largest absolute Gasteiger partial charge is 0.478 e. The van der Waals surface area contributed by atoms with Gasteiger partial charge in [-0.2, -0.15) is 4.98 Å². The van der Waals surface area contributed by atoms with E-state index in [0.717, 1.165) is 25.3 Å². The van der Waals surface area contributed by atoms with Gasteiger partial charge in [-0.1, -0.05) is 19.0 Å². The highest BCUT2D eigenvalue weighted by atomic mass is 16.5. The van der Waals surface area contributed by atoms with Gasteiger partial charge >= 0.3 is 5.97 Å². The van der Waals surface area contributed by atoms with E-state index in [4.69, 9.17) is 9.51 Å². The zero-order chi connectivity index (χ0) is 19.1. The molecule has 0 aromatic carbocycles. The Labute approximate surface area is 156 Å². The number of carbonyl (C=O) groups is 1. The van der Waals surface area contributed by atoms with Crippen LogP contribution in [0.25, 0.3) is 11.2 Å². The van der Waals surface area contributed by atoms with Crippen LogP contribution in [0.3, 0.4) is 0 Å². The van der Waals surface area contributed by atoms with Gasteiger partial charge in [-0.15, -0.1) is 0 Å². The van der Waals surface area contributed by atoms with Crippen LogP contribution in [0.5, 0.6) is 0 Å². The maximum absolute atomic E-state index is 11.2. The number of nitrogens with zero attached hydrogens (tertiary/aromatic N) is 6. The molecule has 1 atom stereocenters. The van der Waals surface area contributed by atoms with E-state index in [0.29, 0.717) is 29.4 Å². The van der Waals surface area contributed by atoms with Gasteiger partial charge in [0.2, 0.25) is 11.8 Å². The number of aromatic nitrogens is 5. The van der Waals surface area contributed by atoms with E-state index in [2.05, 4.69) is 20.0 Å². The Bertz CT molecular complexity index is 992. The molecule has 0 radical (unpaired) electrons. The SMILES string of the molecule is CCn1c(N2CCC[C@H]2c2nc(C(C)C)no2)nc2cc(C(=O)O)cnc21. The molecule has 4 heterocycles. The Hall–Kier alpha value is -2.97. The number of hydrogen-bond donors (Lipinski definition) is 1. The van der Waals surface area contributed by atoms with Crippen LogP contribution in [-0.2, 0) is 6.54 Å². The van der Waals surface area contributed by atoms with Crippen molar-refractivity contribution in [1.82, 2.24) is 24.7 Å². The molecule has 1 aliphatic heterocycles. The van der Waals surface area contributed by atoms with Crippen LogP contribution >= 0.6 is 0 Å². The van der Waals surface area contributed by atoms with E-state index in [-0.39, 0.29) is 17.5 Å². The molecule has 1 N–H and O–H groups in total. The number of carboxylic acid groups (broad SMARTS) is 1. The first-order valence-corrected chi connectivity index (χ1v) is 9.19. The molecule has 0 amide bonds. The summed E-state index contributed by atoms with van der Waals surface area (Å²) in [4.78, 5) is 27.0. The van der Waals surface area contributed by atoms with Crippen molar-refractivity contribution in [1.29, 1.82) is 0 Å². The summed E-state index contributed by atoms with van der Waals surface area (Å²) in [5.74, 6) is 1.26. The Kier molecular flexibility index (Phi) is 4.29. The minimum Gasteiger partial charge on any atom is -0.478 e. The first-order chi connectivity index (χ1) is 13.0. The van der Waals surface area contributed by atoms with Crippen LogP contribution in [0, 0.1) is 0 Å². The van der Waals surface area contributed by atoms with Crippen LogP contribution in [0.4, 0.5) is 5.95 Å². The molecule has 0 unspecified atom stereocenters. The van der Waals surface area contributed by atoms with Gasteiger partial charge in [-0.3, -0.25) is 4.57 Å². The monoisotopic (exact) mass is 370 g/mol. The zero-order valence-electron chi connectivity index (χ0n) is 15.6. The minimum absolute atomic E-state index is 0.0361. The van der Waals surface area contributed by atoms with E-state index in [1.807, 2.05) is 25.3 Å². The maximum Gasteiger partial charge on any atom is 0.337 e. The summed E-state index contributed by atoms with van der Waals surface area (Å²) >= 11 is 0. The Morgan fingerprint density at radius 3 is 2.89 bits per heavy atom. The zero-order valence-corrected chi connectivity index (χ0v) is 15.6. The van der Waals surface area contributed by atoms with Gasteiger partial charge in [0, 0.05) is 25.2 Å². The van der Waals surface area contributed by atoms with Crippen molar-refractivity contribution in [2.24, 2.45) is 0 Å². The van der Waals surface area contributed by atoms with Crippen LogP contribution in [0.15, 0.2) is 16.8 Å². The average Bonchev–Trinajstić information content (AvgIpc) is 3.36. The van der Waals surface area contributed by atoms with E-state index >= 15 is 0 Å². The lowest BCUT2D eigenvalue weighted by Gasteiger charge is -2.23. The fourth-order valence-corrected chi connectivity index (χ4v) is 3.51. The smallest absolute Gasteiger partial charge is 0.337 e. The summed E-state index contributed by atoms with van der Waals surface area (Å²) in [6, 6.07) is 1.53. The number of aryl methyl sites for hydroxylation is 1. The molecule has 3 aromatic rings. The molecule has 0 aliphatic carbocycles. The van der Waals surface area contributed by atoms with Crippen molar-refractivity contribution in [3.05, 3.63) is 29.5 Å². The highest BCUT2D eigenvalue weighted by molar-refractivity contribution is 5.91. The Balaban J connectivity index is 1.76. The topological polar surface area (TPSA) is 110 Å². The highest BCUT2D eigenvalue weighted by Crippen LogP contribution is 2.36. The summed E-state index contributed by atoms with van der Waals surface area (Å²) in [5, 5.41) is 13.3. The van der Waals surface area contributed by atoms with E-state index < -0.39 is 5.97 Å². The van der Waals surface area contributed by atoms with Crippen molar-refractivity contribution < 1.29 is 14.4 Å². The number of pyridine rings is 1. The van der Waals surface area contributed by atoms with Crippen molar-refractivity contribution in [3.8, 4) is 0 Å². The summed E-state index contributed by atoms with van der Waals surface area (Å²) < 4.78 is 7.53. The van der Waals surface area contributed by atoms with Crippen LogP contribution < -0.4 is 4.90 Å². The average molecular weight is 370 g/mol. The molecule has 1 aliphatic rings. The van der Waals surface area contributed by atoms with Crippen molar-refractivity contribution >= 4 is 23.1 Å². The number of imidazole rings is 1. The van der Waals surface area contributed by atoms with Crippen LogP contribution in [0.1, 0.15) is 67.6 Å². The third-order valence-electron chi connectivity index (χ3n) is 4.90. The lowest BCUT2D eigenvalue weighted by atomic mass is 10.2. The predicted molar refractivity (Wildman–Crippen MR) is 97.9 cm³/mol. The molecule has 3 aromatic heterocycles. The highest BCUT2D eigenvalue weighted by Gasteiger charge is 2.34. The fourth-order valence-electron chi connectivity index (χ4n) is 3.51. The number of fused-ring (bicyclic) bond motifs is 1. The molecular weight excluding hydrogens is 348 g/mol. The third-order valence-corrected chi connectivity index (χ3v) is 4.90. The van der Waals surface area contributed by atoms with Crippen molar-refractivity contribution in [2.75, 3.05) is 11.4 Å². The van der Waals surface area contributed by atoms with Crippen molar-refractivity contribution in [3.63, 3.8) is 0 Å². The number of anilines is 1. The molecule has 142 valence electrons. The fraction of sp³-hybridized carbons (Fsp3) is 0.500. The molecule has 9 nitrogen and oxygen atoms in total. The van der Waals surface area contributed by atoms with Crippen molar-refractivity contribution in [2.45, 2.75) is 52.1 Å². The molecule has 27 heavy (non-hydrogen) atoms. The second kappa shape index (κ2) is 6.64. The second-order valence-corrected chi connectivity index (χ2v) is 7.02. The normalized spacial score (nSPS) is 17.3. The Morgan fingerprint density at radius 1 is 1.41 bits per heavy atom. The first-order valence-electron chi connectivity index (χ1n) is 9.19. The second-order valence-electron chi connectivity index (χ2n) is 7.02. The molecule has 0 saturated carbocycles. The standard InChI is InChI=1S/C18H22N6O3/c1-4-23-15-12(8-11(9-19-15)17(25)26)20-18(23)24-7-5-6-13(24)16-21-14(10(2)3)22-27-16/h8-10,13H,4-7H2,1-3H3,(H,25,26)/t13-/m0/s1. The molecular formula is C18H22N6O3. The third kappa shape index (κ3) is 2.92. The lowest BCUT2D eigenvalue weighted by Crippen LogP contribution is -2.26. The molecule has 9 heteroatoms. The summed E-state index contributed by atoms with van der Waals surface area (Å²) in [7, 11) is 0. The minimum atomic E-state index is -1.01. The number of hydrogen-bond acceptors (Lipinski definition) is 7. The Morgan fingerprint density at radius 2 is 2.22 bits per heavy atom. The summed E-state index contributed by atoms with van der Waals surface area (Å²) in [5.41, 5.74) is 1.38. The van der Waals surface area contributed by atoms with Crippen LogP contribution in [0.2, 0.25) is 0 Å². The van der Waals surface area contributed by atoms with Gasteiger partial charge in [0.1, 0.15) is 11.6 Å². The van der Waals surface area contributed by atoms with E-state index in [9.17, 15) is 9.90 Å². The maximum atomic E-state index is 11.2. The summed E-state index contributed by atoms with van der Waals surface area (Å²) in [6.07, 6.45) is 3.27. The van der Waals surface area contributed by atoms with Gasteiger partial charge < -0.3 is 14.5 Å². The number of carboxylic acids is 1. The molecule has 0 bridgehead atoms. The predicted octanol–water partition coefficient (Wildman–Crippen LogP) is 3.00. The first kappa shape index (κ1) is 17.4. The van der Waals surface area contributed by atoms with Gasteiger partial charge in [0.25, 0.3) is 0 Å². The summed E-state index contributed by atoms with van der Waals surface area (Å²) in [6.45, 7) is 7.58. The van der Waals surface area contributed by atoms with E-state index in [1.54, 1.807) is 6.07 Å². The van der Waals surface area contributed by atoms with E-state index in [1.165, 1.54) is 6.20 Å². The van der Waals surface area contributed by atoms with Crippen LogP contribution in [-0.4, -0.2) is 42.3 Å². The van der Waals surface area contributed by atoms with Gasteiger partial charge in [0.05, 0.1) is 5.56 Å². The number of rotatable bonds is 5. The lowest BCUT2D eigenvalue weighted by molar-refractivity contribution is 0.0696. The van der Waals surface area contributed by atoms with Gasteiger partial charge in [-0.25, -0.2) is 14.8 Å². The van der Waals surface area contributed by atoms with Gasteiger partial charge in [0.15, 0.2) is 11.5 Å². The number of aromatic carboxylic acids is 1. The molecule has 1 saturated heterocycles. The molecule has 4 rings (SSSR count). The molecule has 0 spiro atoms. The molecule has 1 fully saturated rings. The quantitative estimate of drug-likeness (QED) is 0.730.